The minimum atomic E-state index is -1.33. The maximum Gasteiger partial charge on any atom is 0.405 e. The number of carboxylic acid groups (broad SMARTS) is 2. The van der Waals surface area contributed by atoms with E-state index in [1.54, 1.807) is 18.5 Å². The first-order chi connectivity index (χ1) is 21.8. The standard InChI is InChI=1S/C35H50N4O4.CH2O2/c1-24(2)31(40)29-11-10-27-15-19-39(20-16-28(27)21-29)18-14-25-8-12-30(13-9-25)37-32(41)35(34(3,4)5,38-33(42)43)22-26-7-6-17-36-23-26;2-1-3/h6-7,10-11,17,21,23-25,30,38H,8-9,12-16,18-20,22H2,1-5H3,(H,37,41)(H,42,43);1H,(H,2,3)/t25-,30-,35-;/m0./s1. The first-order valence-corrected chi connectivity index (χ1v) is 16.5. The van der Waals surface area contributed by atoms with Crippen LogP contribution in [0.5, 0.6) is 0 Å². The van der Waals surface area contributed by atoms with Crippen LogP contribution in [-0.4, -0.2) is 75.6 Å². The summed E-state index contributed by atoms with van der Waals surface area (Å²) in [6.45, 7) is 12.5. The second kappa shape index (κ2) is 16.7. The van der Waals surface area contributed by atoms with Crippen LogP contribution in [0.3, 0.4) is 0 Å². The maximum absolute atomic E-state index is 13.9. The van der Waals surface area contributed by atoms with E-state index in [1.165, 1.54) is 11.1 Å². The molecule has 1 saturated carbocycles. The fourth-order valence-corrected chi connectivity index (χ4v) is 6.72. The first-order valence-electron chi connectivity index (χ1n) is 16.5. The number of benzene rings is 1. The summed E-state index contributed by atoms with van der Waals surface area (Å²) in [5, 5.41) is 22.5. The van der Waals surface area contributed by atoms with Crippen LogP contribution in [0.2, 0.25) is 0 Å². The van der Waals surface area contributed by atoms with Crippen LogP contribution in [0.1, 0.15) is 93.8 Å². The lowest BCUT2D eigenvalue weighted by Crippen LogP contribution is -2.67. The molecule has 1 aromatic carbocycles. The number of hydrogen-bond donors (Lipinski definition) is 4. The van der Waals surface area contributed by atoms with Gasteiger partial charge in [0, 0.05) is 49.4 Å². The molecule has 2 aromatic rings. The third-order valence-electron chi connectivity index (χ3n) is 9.63. The van der Waals surface area contributed by atoms with Crippen molar-refractivity contribution in [1.29, 1.82) is 0 Å². The van der Waals surface area contributed by atoms with Crippen LogP contribution >= 0.6 is 0 Å². The Hall–Kier alpha value is -3.79. The van der Waals surface area contributed by atoms with Crippen LogP contribution < -0.4 is 10.6 Å². The van der Waals surface area contributed by atoms with Crippen LogP contribution in [0.25, 0.3) is 0 Å². The van der Waals surface area contributed by atoms with Gasteiger partial charge in [0.05, 0.1) is 0 Å². The SMILES string of the molecule is CC(C)C(=O)c1ccc2c(c1)CCN(CC[C@H]1CC[C@H](NC(=O)[C@](Cc3cccnc3)(NC(=O)O)C(C)(C)C)CC1)CC2.O=CO. The van der Waals surface area contributed by atoms with Gasteiger partial charge >= 0.3 is 6.09 Å². The van der Waals surface area contributed by atoms with E-state index in [4.69, 9.17) is 9.90 Å². The summed E-state index contributed by atoms with van der Waals surface area (Å²) in [6.07, 6.45) is 9.42. The lowest BCUT2D eigenvalue weighted by Gasteiger charge is -2.44. The summed E-state index contributed by atoms with van der Waals surface area (Å²) in [5.41, 5.74) is 2.34. The number of pyridine rings is 1. The van der Waals surface area contributed by atoms with E-state index in [-0.39, 0.29) is 36.5 Å². The van der Waals surface area contributed by atoms with Gasteiger partial charge in [-0.25, -0.2) is 4.79 Å². The molecule has 2 heterocycles. The topological polar surface area (TPSA) is 149 Å². The van der Waals surface area contributed by atoms with Crippen molar-refractivity contribution in [3.63, 3.8) is 0 Å². The molecule has 2 aliphatic rings. The lowest BCUT2D eigenvalue weighted by molar-refractivity contribution is -0.133. The van der Waals surface area contributed by atoms with Gasteiger partial charge in [-0.1, -0.05) is 52.8 Å². The number of nitrogens with one attached hydrogen (secondary N) is 2. The molecule has 1 atom stereocenters. The highest BCUT2D eigenvalue weighted by molar-refractivity contribution is 5.97. The molecule has 1 aliphatic carbocycles. The van der Waals surface area contributed by atoms with Crippen molar-refractivity contribution in [3.8, 4) is 0 Å². The Balaban J connectivity index is 0.00000185. The van der Waals surface area contributed by atoms with Crippen molar-refractivity contribution in [3.05, 3.63) is 65.0 Å². The molecule has 252 valence electrons. The number of ketones is 1. The predicted molar refractivity (Wildman–Crippen MR) is 178 cm³/mol. The zero-order chi connectivity index (χ0) is 33.9. The molecule has 0 saturated heterocycles. The molecule has 0 unspecified atom stereocenters. The Morgan fingerprint density at radius 1 is 1.04 bits per heavy atom. The van der Waals surface area contributed by atoms with Gasteiger partial charge in [0.1, 0.15) is 5.54 Å². The molecule has 4 rings (SSSR count). The zero-order valence-corrected chi connectivity index (χ0v) is 28.1. The molecule has 1 aromatic heterocycles. The van der Waals surface area contributed by atoms with E-state index in [0.29, 0.717) is 5.92 Å². The van der Waals surface area contributed by atoms with Crippen molar-refractivity contribution in [1.82, 2.24) is 20.5 Å². The highest BCUT2D eigenvalue weighted by Crippen LogP contribution is 2.35. The molecule has 10 nitrogen and oxygen atoms in total. The average Bonchev–Trinajstić information content (AvgIpc) is 3.22. The van der Waals surface area contributed by atoms with Crippen molar-refractivity contribution in [2.24, 2.45) is 17.3 Å². The van der Waals surface area contributed by atoms with Crippen molar-refractivity contribution in [2.45, 2.75) is 97.6 Å². The van der Waals surface area contributed by atoms with Crippen molar-refractivity contribution in [2.75, 3.05) is 19.6 Å². The fourth-order valence-electron chi connectivity index (χ4n) is 6.72. The van der Waals surface area contributed by atoms with E-state index in [2.05, 4.69) is 32.7 Å². The second-order valence-electron chi connectivity index (χ2n) is 14.1. The number of rotatable bonds is 10. The van der Waals surface area contributed by atoms with Gasteiger partial charge in [0.15, 0.2) is 5.78 Å². The normalized spacial score (nSPS) is 19.8. The highest BCUT2D eigenvalue weighted by Gasteiger charge is 2.50. The zero-order valence-electron chi connectivity index (χ0n) is 28.1. The third-order valence-corrected chi connectivity index (χ3v) is 9.63. The Kier molecular flexibility index (Phi) is 13.3. The minimum absolute atomic E-state index is 0.0121. The summed E-state index contributed by atoms with van der Waals surface area (Å²) in [5.74, 6) is 0.579. The number of aromatic nitrogens is 1. The molecular weight excluding hydrogens is 584 g/mol. The van der Waals surface area contributed by atoms with Gasteiger partial charge in [-0.3, -0.25) is 19.4 Å². The summed E-state index contributed by atoms with van der Waals surface area (Å²) in [4.78, 5) is 53.4. The number of carbonyl (C=O) groups excluding carboxylic acids is 2. The summed E-state index contributed by atoms with van der Waals surface area (Å²) >= 11 is 0. The van der Waals surface area contributed by atoms with E-state index >= 15 is 0 Å². The Morgan fingerprint density at radius 2 is 1.70 bits per heavy atom. The van der Waals surface area contributed by atoms with Crippen molar-refractivity contribution < 1.29 is 29.4 Å². The second-order valence-corrected chi connectivity index (χ2v) is 14.1. The van der Waals surface area contributed by atoms with E-state index in [9.17, 15) is 19.5 Å². The summed E-state index contributed by atoms with van der Waals surface area (Å²) in [7, 11) is 0. The Morgan fingerprint density at radius 3 is 2.26 bits per heavy atom. The van der Waals surface area contributed by atoms with E-state index < -0.39 is 17.0 Å². The number of hydrogen-bond acceptors (Lipinski definition) is 6. The van der Waals surface area contributed by atoms with Gasteiger partial charge in [-0.15, -0.1) is 0 Å². The number of fused-ring (bicyclic) bond motifs is 1. The molecule has 1 aliphatic heterocycles. The predicted octanol–water partition coefficient (Wildman–Crippen LogP) is 5.38. The molecule has 4 N–H and O–H groups in total. The molecule has 0 radical (unpaired) electrons. The van der Waals surface area contributed by atoms with E-state index in [1.807, 2.05) is 46.8 Å². The summed E-state index contributed by atoms with van der Waals surface area (Å²) < 4.78 is 0. The summed E-state index contributed by atoms with van der Waals surface area (Å²) in [6, 6.07) is 9.98. The minimum Gasteiger partial charge on any atom is -0.483 e. The molecular formula is C36H52N4O6. The first kappa shape index (κ1) is 36.7. The molecule has 0 bridgehead atoms. The third kappa shape index (κ3) is 9.85. The average molecular weight is 637 g/mol. The number of nitrogens with zero attached hydrogens (tertiary/aromatic N) is 2. The quantitative estimate of drug-likeness (QED) is 0.201. The highest BCUT2D eigenvalue weighted by atomic mass is 16.4. The van der Waals surface area contributed by atoms with Crippen LogP contribution in [-0.2, 0) is 28.9 Å². The molecule has 0 spiro atoms. The Labute approximate surface area is 273 Å². The lowest BCUT2D eigenvalue weighted by atomic mass is 9.69. The largest absolute Gasteiger partial charge is 0.483 e. The van der Waals surface area contributed by atoms with Gasteiger partial charge < -0.3 is 25.7 Å². The van der Waals surface area contributed by atoms with Crippen LogP contribution in [0.15, 0.2) is 42.7 Å². The van der Waals surface area contributed by atoms with Gasteiger partial charge in [0.2, 0.25) is 5.91 Å². The monoisotopic (exact) mass is 636 g/mol. The van der Waals surface area contributed by atoms with Crippen LogP contribution in [0, 0.1) is 17.3 Å². The van der Waals surface area contributed by atoms with Gasteiger partial charge in [-0.2, -0.15) is 0 Å². The van der Waals surface area contributed by atoms with Crippen molar-refractivity contribution >= 4 is 24.3 Å². The Bertz CT molecular complexity index is 1320. The van der Waals surface area contributed by atoms with Crippen LogP contribution in [0.4, 0.5) is 4.79 Å². The maximum atomic E-state index is 13.9. The molecule has 46 heavy (non-hydrogen) atoms. The smallest absolute Gasteiger partial charge is 0.405 e. The van der Waals surface area contributed by atoms with E-state index in [0.717, 1.165) is 75.7 Å². The number of Topliss-reactive ketones (excluding diaryl/α,β-unsaturated/α-hetero) is 1. The fraction of sp³-hybridized carbons (Fsp3) is 0.583. The van der Waals surface area contributed by atoms with Gasteiger partial charge in [-0.05, 0) is 91.6 Å². The molecule has 2 amide bonds. The number of amides is 2. The number of carbonyl (C=O) groups is 4. The van der Waals surface area contributed by atoms with Gasteiger partial charge in [0.25, 0.3) is 6.47 Å². The molecule has 1 fully saturated rings. The molecule has 10 heteroatoms.